The van der Waals surface area contributed by atoms with E-state index in [9.17, 15) is 22.4 Å². The van der Waals surface area contributed by atoms with Gasteiger partial charge < -0.3 is 10.6 Å². The first-order valence-corrected chi connectivity index (χ1v) is 12.9. The molecule has 0 aromatic heterocycles. The molecule has 1 aliphatic heterocycles. The summed E-state index contributed by atoms with van der Waals surface area (Å²) in [4.78, 5) is 24.7. The van der Waals surface area contributed by atoms with Gasteiger partial charge in [0.1, 0.15) is 11.3 Å². The molecule has 2 amide bonds. The molecule has 0 aliphatic carbocycles. The molecule has 172 valence electrons. The summed E-state index contributed by atoms with van der Waals surface area (Å²) in [6.07, 6.45) is 2.97. The predicted molar refractivity (Wildman–Crippen MR) is 123 cm³/mol. The number of nitrogens with one attached hydrogen (secondary N) is 3. The van der Waals surface area contributed by atoms with Gasteiger partial charge in [0.15, 0.2) is 15.1 Å². The summed E-state index contributed by atoms with van der Waals surface area (Å²) in [6, 6.07) is 12.2. The fraction of sp³-hybridized carbons (Fsp3) is 0.364. The molecule has 1 heterocycles. The van der Waals surface area contributed by atoms with Crippen molar-refractivity contribution in [2.24, 2.45) is 0 Å². The molecule has 1 saturated heterocycles. The van der Waals surface area contributed by atoms with Crippen LogP contribution in [0.2, 0.25) is 0 Å². The van der Waals surface area contributed by atoms with E-state index in [1.165, 1.54) is 18.2 Å². The van der Waals surface area contributed by atoms with E-state index in [0.29, 0.717) is 5.69 Å². The highest BCUT2D eigenvalue weighted by atomic mass is 32.2. The summed E-state index contributed by atoms with van der Waals surface area (Å²) in [6.45, 7) is 2.03. The lowest BCUT2D eigenvalue weighted by atomic mass is 10.1. The first kappa shape index (κ1) is 24.2. The molecule has 1 fully saturated rings. The first-order chi connectivity index (χ1) is 15.3. The summed E-state index contributed by atoms with van der Waals surface area (Å²) in [7, 11) is -3.85. The number of carbonyl (C=O) groups is 2. The molecule has 32 heavy (non-hydrogen) atoms. The summed E-state index contributed by atoms with van der Waals surface area (Å²) in [5.74, 6) is -1.44. The molecule has 3 rings (SSSR count). The zero-order chi connectivity index (χ0) is 23.1. The minimum Gasteiger partial charge on any atom is -0.331 e. The van der Waals surface area contributed by atoms with Crippen molar-refractivity contribution in [2.75, 3.05) is 17.6 Å². The van der Waals surface area contributed by atoms with Gasteiger partial charge in [0.25, 0.3) is 0 Å². The SMILES string of the molecule is CCCCc1ccc(S(=O)(=O)C2CNC(SCC(=O)Nc3cccc(F)c3)NC2=O)cc1. The lowest BCUT2D eigenvalue weighted by molar-refractivity contribution is -0.122. The normalized spacial score (nSPS) is 18.8. The van der Waals surface area contributed by atoms with Gasteiger partial charge in [-0.15, -0.1) is 11.8 Å². The molecule has 0 bridgehead atoms. The summed E-state index contributed by atoms with van der Waals surface area (Å²) < 4.78 is 39.0. The van der Waals surface area contributed by atoms with Crippen molar-refractivity contribution in [3.05, 3.63) is 59.9 Å². The van der Waals surface area contributed by atoms with Crippen LogP contribution in [0.15, 0.2) is 53.4 Å². The van der Waals surface area contributed by atoms with Crippen LogP contribution < -0.4 is 16.0 Å². The van der Waals surface area contributed by atoms with Gasteiger partial charge in [-0.25, -0.2) is 12.8 Å². The predicted octanol–water partition coefficient (Wildman–Crippen LogP) is 2.69. The molecule has 2 unspecified atom stereocenters. The standard InChI is InChI=1S/C22H26FN3O4S2/c1-2-3-5-15-8-10-18(11-9-15)32(29,30)19-13-24-22(26-21(19)28)31-14-20(27)25-17-7-4-6-16(23)12-17/h4,6-12,19,22,24H,2-3,5,13-14H2,1H3,(H,25,27)(H,26,28). The number of unbranched alkanes of at least 4 members (excludes halogenated alkanes) is 1. The van der Waals surface area contributed by atoms with E-state index >= 15 is 0 Å². The van der Waals surface area contributed by atoms with Gasteiger partial charge in [-0.3, -0.25) is 14.9 Å². The topological polar surface area (TPSA) is 104 Å². The highest BCUT2D eigenvalue weighted by Gasteiger charge is 2.38. The molecule has 3 N–H and O–H groups in total. The van der Waals surface area contributed by atoms with Gasteiger partial charge in [-0.1, -0.05) is 31.5 Å². The van der Waals surface area contributed by atoms with Crippen molar-refractivity contribution in [1.82, 2.24) is 10.6 Å². The number of anilines is 1. The zero-order valence-corrected chi connectivity index (χ0v) is 19.3. The van der Waals surface area contributed by atoms with Crippen LogP contribution in [0.1, 0.15) is 25.3 Å². The second-order valence-electron chi connectivity index (χ2n) is 7.45. The minimum atomic E-state index is -3.85. The number of hydrogen-bond acceptors (Lipinski definition) is 6. The molecule has 10 heteroatoms. The summed E-state index contributed by atoms with van der Waals surface area (Å²) in [5, 5.41) is 6.88. The Morgan fingerprint density at radius 3 is 2.62 bits per heavy atom. The Morgan fingerprint density at radius 2 is 1.97 bits per heavy atom. The van der Waals surface area contributed by atoms with Crippen LogP contribution in [0.4, 0.5) is 10.1 Å². The van der Waals surface area contributed by atoms with E-state index < -0.39 is 32.3 Å². The van der Waals surface area contributed by atoms with Crippen molar-refractivity contribution in [2.45, 2.75) is 41.8 Å². The van der Waals surface area contributed by atoms with Crippen LogP contribution in [0.3, 0.4) is 0 Å². The fourth-order valence-corrected chi connectivity index (χ4v) is 5.56. The highest BCUT2D eigenvalue weighted by molar-refractivity contribution is 8.00. The summed E-state index contributed by atoms with van der Waals surface area (Å²) in [5.41, 5.74) is 0.789. The highest BCUT2D eigenvalue weighted by Crippen LogP contribution is 2.21. The molecular formula is C22H26FN3O4S2. The maximum absolute atomic E-state index is 13.2. The third kappa shape index (κ3) is 6.30. The molecule has 0 spiro atoms. The van der Waals surface area contributed by atoms with E-state index in [2.05, 4.69) is 22.9 Å². The van der Waals surface area contributed by atoms with Crippen molar-refractivity contribution < 1.29 is 22.4 Å². The Labute approximate surface area is 191 Å². The van der Waals surface area contributed by atoms with Gasteiger partial charge in [0.2, 0.25) is 11.8 Å². The zero-order valence-electron chi connectivity index (χ0n) is 17.6. The molecular weight excluding hydrogens is 453 g/mol. The van der Waals surface area contributed by atoms with E-state index in [1.807, 2.05) is 0 Å². The Balaban J connectivity index is 1.53. The lowest BCUT2D eigenvalue weighted by Crippen LogP contribution is -2.59. The number of aryl methyl sites for hydroxylation is 1. The Morgan fingerprint density at radius 1 is 1.22 bits per heavy atom. The number of thioether (sulfide) groups is 1. The van der Waals surface area contributed by atoms with Gasteiger partial charge in [0.05, 0.1) is 10.6 Å². The van der Waals surface area contributed by atoms with E-state index in [1.54, 1.807) is 30.3 Å². The van der Waals surface area contributed by atoms with Crippen LogP contribution in [-0.2, 0) is 25.8 Å². The van der Waals surface area contributed by atoms with Crippen molar-refractivity contribution in [3.63, 3.8) is 0 Å². The smallest absolute Gasteiger partial charge is 0.241 e. The average molecular weight is 480 g/mol. The Bertz CT molecular complexity index is 1060. The fourth-order valence-electron chi connectivity index (χ4n) is 3.24. The molecule has 1 aliphatic rings. The molecule has 0 radical (unpaired) electrons. The quantitative estimate of drug-likeness (QED) is 0.511. The number of carbonyl (C=O) groups excluding carboxylic acids is 2. The number of hydrogen-bond donors (Lipinski definition) is 3. The maximum Gasteiger partial charge on any atom is 0.241 e. The summed E-state index contributed by atoms with van der Waals surface area (Å²) >= 11 is 1.11. The van der Waals surface area contributed by atoms with E-state index in [-0.39, 0.29) is 23.1 Å². The first-order valence-electron chi connectivity index (χ1n) is 10.3. The van der Waals surface area contributed by atoms with Gasteiger partial charge in [-0.2, -0.15) is 0 Å². The van der Waals surface area contributed by atoms with Crippen LogP contribution in [0, 0.1) is 5.82 Å². The van der Waals surface area contributed by atoms with Crippen LogP contribution in [0.5, 0.6) is 0 Å². The second kappa shape index (κ2) is 10.9. The van der Waals surface area contributed by atoms with E-state index in [0.717, 1.165) is 36.6 Å². The second-order valence-corrected chi connectivity index (χ2v) is 10.7. The van der Waals surface area contributed by atoms with Crippen molar-refractivity contribution in [3.8, 4) is 0 Å². The number of amides is 2. The van der Waals surface area contributed by atoms with Crippen LogP contribution in [0.25, 0.3) is 0 Å². The number of halogens is 1. The number of sulfone groups is 1. The minimum absolute atomic E-state index is 0.00883. The van der Waals surface area contributed by atoms with E-state index in [4.69, 9.17) is 0 Å². The molecule has 0 saturated carbocycles. The monoisotopic (exact) mass is 479 g/mol. The number of benzene rings is 2. The van der Waals surface area contributed by atoms with Gasteiger partial charge in [-0.05, 0) is 48.7 Å². The lowest BCUT2D eigenvalue weighted by Gasteiger charge is -2.29. The molecule has 2 aromatic rings. The largest absolute Gasteiger partial charge is 0.331 e. The maximum atomic E-state index is 13.2. The van der Waals surface area contributed by atoms with Crippen LogP contribution >= 0.6 is 11.8 Å². The molecule has 2 atom stereocenters. The van der Waals surface area contributed by atoms with Gasteiger partial charge >= 0.3 is 0 Å². The Kier molecular flexibility index (Phi) is 8.27. The van der Waals surface area contributed by atoms with Gasteiger partial charge in [0, 0.05) is 12.2 Å². The number of rotatable bonds is 9. The van der Waals surface area contributed by atoms with Crippen molar-refractivity contribution in [1.29, 1.82) is 0 Å². The van der Waals surface area contributed by atoms with Crippen LogP contribution in [-0.4, -0.2) is 43.3 Å². The Hall–Kier alpha value is -2.43. The van der Waals surface area contributed by atoms with Crippen molar-refractivity contribution >= 4 is 39.1 Å². The third-order valence-corrected chi connectivity index (χ3v) is 8.10. The average Bonchev–Trinajstić information content (AvgIpc) is 2.76. The third-order valence-electron chi connectivity index (χ3n) is 4.99. The molecule has 7 nitrogen and oxygen atoms in total. The molecule has 2 aromatic carbocycles.